The quantitative estimate of drug-likeness (QED) is 0.395. The number of amides is 1. The molecule has 0 saturated heterocycles. The van der Waals surface area contributed by atoms with Crippen LogP contribution in [0.5, 0.6) is 0 Å². The predicted octanol–water partition coefficient (Wildman–Crippen LogP) is 5.70. The van der Waals surface area contributed by atoms with E-state index in [1.807, 2.05) is 37.3 Å². The number of rotatable bonds is 5. The highest BCUT2D eigenvalue weighted by molar-refractivity contribution is 6.30. The van der Waals surface area contributed by atoms with Gasteiger partial charge in [-0.2, -0.15) is 0 Å². The summed E-state index contributed by atoms with van der Waals surface area (Å²) in [5, 5.41) is 5.36. The van der Waals surface area contributed by atoms with Crippen molar-refractivity contribution < 1.29 is 13.6 Å². The van der Waals surface area contributed by atoms with Crippen molar-refractivity contribution in [1.82, 2.24) is 5.32 Å². The molecule has 6 heteroatoms. The molecule has 0 fully saturated rings. The maximum absolute atomic E-state index is 12.6. The average molecular weight is 452 g/mol. The fourth-order valence-corrected chi connectivity index (χ4v) is 4.04. The van der Waals surface area contributed by atoms with Gasteiger partial charge in [0.05, 0.1) is 18.2 Å². The van der Waals surface area contributed by atoms with E-state index >= 15 is 0 Å². The van der Waals surface area contributed by atoms with E-state index in [-0.39, 0.29) is 17.7 Å². The second-order valence-corrected chi connectivity index (χ2v) is 9.58. The van der Waals surface area contributed by atoms with Gasteiger partial charge in [0, 0.05) is 34.0 Å². The van der Waals surface area contributed by atoms with E-state index in [1.54, 1.807) is 12.3 Å². The minimum absolute atomic E-state index is 0.0275. The van der Waals surface area contributed by atoms with Gasteiger partial charge in [-0.3, -0.25) is 4.79 Å². The lowest BCUT2D eigenvalue weighted by Gasteiger charge is -2.16. The van der Waals surface area contributed by atoms with E-state index in [1.165, 1.54) is 0 Å². The van der Waals surface area contributed by atoms with Crippen molar-refractivity contribution in [3.05, 3.63) is 80.4 Å². The van der Waals surface area contributed by atoms with Crippen molar-refractivity contribution >= 4 is 39.4 Å². The third-order valence-electron chi connectivity index (χ3n) is 5.78. The molecule has 0 aliphatic rings. The van der Waals surface area contributed by atoms with Crippen molar-refractivity contribution in [2.45, 2.75) is 46.0 Å². The fraction of sp³-hybridized carbons (Fsp3) is 0.308. The maximum atomic E-state index is 12.6. The molecular weight excluding hydrogens is 426 g/mol. The molecule has 2 heterocycles. The zero-order valence-electron chi connectivity index (χ0n) is 18.7. The number of furan rings is 1. The molecule has 32 heavy (non-hydrogen) atoms. The van der Waals surface area contributed by atoms with Gasteiger partial charge < -0.3 is 14.2 Å². The first-order valence-electron chi connectivity index (χ1n) is 10.6. The van der Waals surface area contributed by atoms with E-state index in [9.17, 15) is 9.59 Å². The molecule has 166 valence electrons. The van der Waals surface area contributed by atoms with E-state index in [0.717, 1.165) is 27.5 Å². The van der Waals surface area contributed by atoms with Crippen molar-refractivity contribution in [2.75, 3.05) is 6.54 Å². The second kappa shape index (κ2) is 8.47. The highest BCUT2D eigenvalue weighted by Gasteiger charge is 2.22. The van der Waals surface area contributed by atoms with Crippen LogP contribution in [0.2, 0.25) is 5.02 Å². The fourth-order valence-electron chi connectivity index (χ4n) is 3.92. The van der Waals surface area contributed by atoms with Crippen LogP contribution < -0.4 is 10.9 Å². The number of hydrogen-bond acceptors (Lipinski definition) is 4. The van der Waals surface area contributed by atoms with Gasteiger partial charge in [-0.1, -0.05) is 44.5 Å². The topological polar surface area (TPSA) is 72.5 Å². The van der Waals surface area contributed by atoms with Gasteiger partial charge in [0.1, 0.15) is 11.2 Å². The molecule has 5 nitrogen and oxygen atoms in total. The molecule has 0 bridgehead atoms. The predicted molar refractivity (Wildman–Crippen MR) is 128 cm³/mol. The van der Waals surface area contributed by atoms with Gasteiger partial charge in [0.25, 0.3) is 0 Å². The van der Waals surface area contributed by atoms with Crippen molar-refractivity contribution in [1.29, 1.82) is 0 Å². The Balaban J connectivity index is 1.57. The molecule has 1 N–H and O–H groups in total. The number of aryl methyl sites for hydroxylation is 1. The van der Waals surface area contributed by atoms with Crippen LogP contribution in [-0.2, 0) is 23.1 Å². The first-order valence-corrected chi connectivity index (χ1v) is 11.0. The molecule has 0 radical (unpaired) electrons. The number of carbonyl (C=O) groups is 1. The summed E-state index contributed by atoms with van der Waals surface area (Å²) in [6.45, 7) is 8.71. The number of halogens is 1. The molecule has 0 saturated carbocycles. The molecule has 2 aromatic carbocycles. The Morgan fingerprint density at radius 2 is 1.78 bits per heavy atom. The summed E-state index contributed by atoms with van der Waals surface area (Å²) < 4.78 is 11.3. The number of hydrogen-bond donors (Lipinski definition) is 1. The number of benzene rings is 2. The minimum Gasteiger partial charge on any atom is -0.464 e. The van der Waals surface area contributed by atoms with Crippen LogP contribution in [0.3, 0.4) is 0 Å². The van der Waals surface area contributed by atoms with Crippen LogP contribution in [-0.4, -0.2) is 12.5 Å². The van der Waals surface area contributed by atoms with Gasteiger partial charge in [0.2, 0.25) is 5.91 Å². The van der Waals surface area contributed by atoms with Crippen LogP contribution in [0.25, 0.3) is 21.9 Å². The third kappa shape index (κ3) is 4.44. The average Bonchev–Trinajstić information content (AvgIpc) is 3.15. The maximum Gasteiger partial charge on any atom is 0.340 e. The molecule has 0 unspecified atom stereocenters. The summed E-state index contributed by atoms with van der Waals surface area (Å²) in [6, 6.07) is 11.3. The monoisotopic (exact) mass is 451 g/mol. The summed E-state index contributed by atoms with van der Waals surface area (Å²) in [5.41, 5.74) is 3.85. The Morgan fingerprint density at radius 3 is 2.47 bits per heavy atom. The van der Waals surface area contributed by atoms with Crippen LogP contribution >= 0.6 is 11.6 Å². The standard InChI is InChI=1S/C26H26ClNO4/c1-15-18-11-20-21(26(2,3)4)14-31-22(20)13-23(18)32-25(30)19(15)12-24(29)28-10-9-16-5-7-17(27)8-6-16/h5-8,11,13-14H,9-10,12H2,1-4H3,(H,28,29). The van der Waals surface area contributed by atoms with Gasteiger partial charge in [-0.05, 0) is 48.1 Å². The molecule has 0 atom stereocenters. The smallest absolute Gasteiger partial charge is 0.340 e. The van der Waals surface area contributed by atoms with E-state index in [0.29, 0.717) is 34.7 Å². The Hall–Kier alpha value is -3.05. The molecular formula is C26H26ClNO4. The van der Waals surface area contributed by atoms with Gasteiger partial charge in [-0.25, -0.2) is 4.79 Å². The van der Waals surface area contributed by atoms with Crippen LogP contribution in [0.4, 0.5) is 0 Å². The van der Waals surface area contributed by atoms with Crippen molar-refractivity contribution in [2.24, 2.45) is 0 Å². The highest BCUT2D eigenvalue weighted by Crippen LogP contribution is 2.35. The summed E-state index contributed by atoms with van der Waals surface area (Å²) in [6.07, 6.45) is 2.41. The lowest BCUT2D eigenvalue weighted by Crippen LogP contribution is -2.29. The van der Waals surface area contributed by atoms with Crippen molar-refractivity contribution in [3.63, 3.8) is 0 Å². The lowest BCUT2D eigenvalue weighted by molar-refractivity contribution is -0.120. The largest absolute Gasteiger partial charge is 0.464 e. The molecule has 4 aromatic rings. The van der Waals surface area contributed by atoms with Crippen LogP contribution in [0.1, 0.15) is 43.0 Å². The summed E-state index contributed by atoms with van der Waals surface area (Å²) in [7, 11) is 0. The zero-order valence-corrected chi connectivity index (χ0v) is 19.4. The number of fused-ring (bicyclic) bond motifs is 2. The highest BCUT2D eigenvalue weighted by atomic mass is 35.5. The Bertz CT molecular complexity index is 1360. The Labute approximate surface area is 191 Å². The van der Waals surface area contributed by atoms with Crippen molar-refractivity contribution in [3.8, 4) is 0 Å². The number of carbonyl (C=O) groups excluding carboxylic acids is 1. The van der Waals surface area contributed by atoms with Crippen LogP contribution in [0.15, 0.2) is 56.3 Å². The third-order valence-corrected chi connectivity index (χ3v) is 6.03. The first kappa shape index (κ1) is 22.2. The Morgan fingerprint density at radius 1 is 1.06 bits per heavy atom. The summed E-state index contributed by atoms with van der Waals surface area (Å²) in [5.74, 6) is -0.214. The molecule has 2 aromatic heterocycles. The molecule has 0 aliphatic heterocycles. The summed E-state index contributed by atoms with van der Waals surface area (Å²) in [4.78, 5) is 25.2. The minimum atomic E-state index is -0.496. The summed E-state index contributed by atoms with van der Waals surface area (Å²) >= 11 is 5.90. The van der Waals surface area contributed by atoms with Gasteiger partial charge in [0.15, 0.2) is 0 Å². The zero-order chi connectivity index (χ0) is 23.0. The lowest BCUT2D eigenvalue weighted by atomic mass is 9.86. The molecule has 4 rings (SSSR count). The SMILES string of the molecule is Cc1c(CC(=O)NCCc2ccc(Cl)cc2)c(=O)oc2cc3occ(C(C)(C)C)c3cc12. The van der Waals surface area contributed by atoms with Gasteiger partial charge in [-0.15, -0.1) is 0 Å². The Kier molecular flexibility index (Phi) is 5.87. The molecule has 1 amide bonds. The van der Waals surface area contributed by atoms with E-state index < -0.39 is 5.63 Å². The normalized spacial score (nSPS) is 11.9. The van der Waals surface area contributed by atoms with Gasteiger partial charge >= 0.3 is 5.63 Å². The second-order valence-electron chi connectivity index (χ2n) is 9.14. The number of nitrogens with one attached hydrogen (secondary N) is 1. The molecule has 0 spiro atoms. The van der Waals surface area contributed by atoms with E-state index in [4.69, 9.17) is 20.4 Å². The van der Waals surface area contributed by atoms with Crippen LogP contribution in [0, 0.1) is 6.92 Å². The molecule has 0 aliphatic carbocycles. The van der Waals surface area contributed by atoms with E-state index in [2.05, 4.69) is 26.1 Å². The first-order chi connectivity index (χ1) is 15.1.